The van der Waals surface area contributed by atoms with Gasteiger partial charge in [0.1, 0.15) is 15.6 Å². The molecule has 0 spiro atoms. The minimum absolute atomic E-state index is 0.167. The van der Waals surface area contributed by atoms with Crippen LogP contribution in [0.4, 0.5) is 0 Å². The summed E-state index contributed by atoms with van der Waals surface area (Å²) in [5, 5.41) is 10.8. The van der Waals surface area contributed by atoms with E-state index in [1.807, 2.05) is 173 Å². The molecule has 0 bridgehead atoms. The van der Waals surface area contributed by atoms with Crippen LogP contribution in [-0.4, -0.2) is 97.5 Å². The number of ether oxygens (including phenoxy) is 1. The maximum absolute atomic E-state index is 9.63. The number of aryl methyl sites for hydroxylation is 3. The summed E-state index contributed by atoms with van der Waals surface area (Å²) in [6.07, 6.45) is 20.7. The van der Waals surface area contributed by atoms with E-state index in [1.54, 1.807) is 51.8 Å². The van der Waals surface area contributed by atoms with Crippen molar-refractivity contribution in [1.82, 2.24) is 5.32 Å². The molecule has 0 radical (unpaired) electrons. The minimum atomic E-state index is -2.67. The number of allylic oxidation sites excluding steroid dienone is 5. The first-order valence-electron chi connectivity index (χ1n) is 28.7. The van der Waals surface area contributed by atoms with Crippen LogP contribution in [0.3, 0.4) is 0 Å². The number of nitrogens with one attached hydrogen (secondary N) is 1. The number of fused-ring (bicyclic) bond motifs is 3. The Morgan fingerprint density at radius 2 is 0.821 bits per heavy atom. The van der Waals surface area contributed by atoms with E-state index in [1.165, 1.54) is 74.8 Å². The molecule has 84 heavy (non-hydrogen) atoms. The third-order valence-corrected chi connectivity index (χ3v) is 7.16. The SMILES string of the molecule is C/C=C/C.C/C=C\C.C=C(C)C.CC.CC.CC.CC#CC.CC(C)=O.CC=NC.CCC.CNC.COC.CS(C)(=O)=O.CS(C)=O.CSC.Cc1c2ccccc2cc2ccccc12.Cc1cccc2ccccc12.Cc1ccccc1. The molecule has 7 nitrogen and oxygen atoms in total. The van der Waals surface area contributed by atoms with Crippen molar-refractivity contribution in [1.29, 1.82) is 0 Å². The first-order valence-corrected chi connectivity index (χ1v) is 34.6. The fourth-order valence-corrected chi connectivity index (χ4v) is 4.16. The summed E-state index contributed by atoms with van der Waals surface area (Å²) in [4.78, 5) is 13.1. The topological polar surface area (TPSA) is 102 Å². The zero-order valence-electron chi connectivity index (χ0n) is 60.1. The second-order valence-corrected chi connectivity index (χ2v) is 21.4. The van der Waals surface area contributed by atoms with E-state index in [9.17, 15) is 17.4 Å². The van der Waals surface area contributed by atoms with Gasteiger partial charge in [-0.1, -0.05) is 219 Å². The fraction of sp³-hybridized carbons (Fsp3) is 0.459. The fourth-order valence-electron chi connectivity index (χ4n) is 4.16. The van der Waals surface area contributed by atoms with Gasteiger partial charge in [-0.3, -0.25) is 4.21 Å². The highest BCUT2D eigenvalue weighted by atomic mass is 32.2. The van der Waals surface area contributed by atoms with Crippen molar-refractivity contribution in [3.05, 3.63) is 181 Å². The van der Waals surface area contributed by atoms with Gasteiger partial charge < -0.3 is 19.8 Å². The van der Waals surface area contributed by atoms with Crippen molar-refractivity contribution in [3.8, 4) is 11.8 Å². The van der Waals surface area contributed by atoms with E-state index >= 15 is 0 Å². The molecule has 0 saturated heterocycles. The van der Waals surface area contributed by atoms with Crippen molar-refractivity contribution in [2.75, 3.05) is 72.9 Å². The lowest BCUT2D eigenvalue weighted by molar-refractivity contribution is -0.115. The summed E-state index contributed by atoms with van der Waals surface area (Å²) in [5.41, 5.74) is 5.22. The Morgan fingerprint density at radius 3 is 1.02 bits per heavy atom. The van der Waals surface area contributed by atoms with Crippen LogP contribution in [-0.2, 0) is 30.2 Å². The minimum Gasteiger partial charge on any atom is -0.388 e. The number of hydrogen-bond acceptors (Lipinski definition) is 8. The number of hydrogen-bond donors (Lipinski definition) is 1. The summed E-state index contributed by atoms with van der Waals surface area (Å²) in [6, 6.07) is 44.5. The third-order valence-electron chi connectivity index (χ3n) is 7.16. The largest absolute Gasteiger partial charge is 0.388 e. The average molecular weight is 1220 g/mol. The highest BCUT2D eigenvalue weighted by Gasteiger charge is 2.01. The number of ketones is 1. The summed E-state index contributed by atoms with van der Waals surface area (Å²) >= 11 is 1.75. The van der Waals surface area contributed by atoms with Gasteiger partial charge in [0.2, 0.25) is 0 Å². The molecule has 0 atom stereocenters. The molecule has 0 aromatic heterocycles. The summed E-state index contributed by atoms with van der Waals surface area (Å²) in [5.74, 6) is 5.53. The van der Waals surface area contributed by atoms with Crippen LogP contribution in [0.25, 0.3) is 32.3 Å². The van der Waals surface area contributed by atoms with Crippen LogP contribution in [0.5, 0.6) is 0 Å². The van der Waals surface area contributed by atoms with Crippen LogP contribution in [0, 0.1) is 32.6 Å². The van der Waals surface area contributed by atoms with Crippen LogP contribution in [0.2, 0.25) is 0 Å². The molecular weight excluding hydrogens is 1090 g/mol. The molecule has 0 unspecified atom stereocenters. The van der Waals surface area contributed by atoms with E-state index in [0.29, 0.717) is 0 Å². The molecule has 10 heteroatoms. The Labute approximate surface area is 530 Å². The van der Waals surface area contributed by atoms with Crippen molar-refractivity contribution >= 4 is 76.7 Å². The molecule has 0 saturated carbocycles. The van der Waals surface area contributed by atoms with Crippen LogP contribution >= 0.6 is 11.8 Å². The standard InChI is InChI=1S/C15H12.C11H10.C7H8.3C4H8.C4H6.C3H7N.C3H6O.C3H8.C2H7N.C2H6O2S.C2H6OS.C2H6O.C2H6S.3C2H6/c1-11-14-8-4-2-6-12(14)10-13-7-3-5-9-15(11)13;1-9-5-4-7-10-6-2-3-8-11(9)10;1-7-5-3-2-4-6-7;1-4(2)3;4*1-3-4-2;1-3(2)4;2*1-3-2;1-5(2,3)4;1-4(2)3;2*1-3-2;3*1-2/h2-10H,1H3;2-8H,1H3;2-6H,1H3;1H2,2-3H3;2*3-4H,1-2H3;1-2H3;3H,1-2H3;1-2H3;3H2,1-2H3;3H,1-2H3;1-2H3;1-2H3;2*1-2H3;3*1-2H3/b;;;;4-3+;4-3-;;;;;;;;;;;;. The van der Waals surface area contributed by atoms with Crippen molar-refractivity contribution in [2.45, 2.75) is 159 Å². The predicted octanol–water partition coefficient (Wildman–Crippen LogP) is 21.8. The van der Waals surface area contributed by atoms with E-state index < -0.39 is 20.6 Å². The van der Waals surface area contributed by atoms with Crippen molar-refractivity contribution in [3.63, 3.8) is 0 Å². The molecule has 0 heterocycles. The molecule has 0 aliphatic carbocycles. The summed E-state index contributed by atoms with van der Waals surface area (Å²) < 4.78 is 33.1. The van der Waals surface area contributed by atoms with E-state index in [0.717, 1.165) is 12.5 Å². The number of carbonyl (C=O) groups excluding carboxylic acids is 1. The molecule has 484 valence electrons. The Hall–Kier alpha value is -5.41. The molecule has 0 fully saturated rings. The zero-order valence-corrected chi connectivity index (χ0v) is 62.6. The van der Waals surface area contributed by atoms with Gasteiger partial charge in [-0.2, -0.15) is 11.8 Å². The lowest BCUT2D eigenvalue weighted by Gasteiger charge is -2.06. The van der Waals surface area contributed by atoms with Gasteiger partial charge in [-0.25, -0.2) is 8.42 Å². The Kier molecular flexibility index (Phi) is 119. The molecule has 0 aliphatic heterocycles. The highest BCUT2D eigenvalue weighted by Crippen LogP contribution is 2.27. The average Bonchev–Trinajstić information content (AvgIpc) is 3.46. The lowest BCUT2D eigenvalue weighted by Crippen LogP contribution is -1.89. The molecular formula is C74H130N2O5S3. The smallest absolute Gasteiger partial charge is 0.144 e. The second kappa shape index (κ2) is 94.0. The number of thioether (sulfide) groups is 1. The lowest BCUT2D eigenvalue weighted by atomic mass is 9.98. The number of benzene rings is 6. The van der Waals surface area contributed by atoms with Gasteiger partial charge in [0.15, 0.2) is 0 Å². The number of Topliss-reactive ketones (excluding diaryl/α,β-unsaturated/α-hetero) is 1. The Balaban J connectivity index is -0.0000000684. The van der Waals surface area contributed by atoms with Crippen LogP contribution in [0.15, 0.2) is 169 Å². The second-order valence-electron chi connectivity index (χ2n) is 16.8. The predicted molar refractivity (Wildman–Crippen MR) is 401 cm³/mol. The van der Waals surface area contributed by atoms with Crippen LogP contribution in [0.1, 0.15) is 155 Å². The summed E-state index contributed by atoms with van der Waals surface area (Å²) in [6.45, 7) is 46.8. The third kappa shape index (κ3) is 115. The number of aliphatic imine (C=N–C) groups is 1. The number of carbonyl (C=O) groups is 1. The molecule has 6 aromatic rings. The maximum Gasteiger partial charge on any atom is 0.144 e. The molecule has 0 amide bonds. The highest BCUT2D eigenvalue weighted by molar-refractivity contribution is 7.97. The van der Waals surface area contributed by atoms with E-state index in [4.69, 9.17) is 0 Å². The summed E-state index contributed by atoms with van der Waals surface area (Å²) in [7, 11) is 5.47. The van der Waals surface area contributed by atoms with Gasteiger partial charge in [0.05, 0.1) is 0 Å². The first kappa shape index (κ1) is 107. The number of sulfone groups is 1. The van der Waals surface area contributed by atoms with Crippen LogP contribution < -0.4 is 5.32 Å². The first-order chi connectivity index (χ1) is 39.6. The molecule has 1 N–H and O–H groups in total. The Morgan fingerprint density at radius 1 is 0.607 bits per heavy atom. The number of rotatable bonds is 0. The van der Waals surface area contributed by atoms with Crippen molar-refractivity contribution in [2.24, 2.45) is 4.99 Å². The maximum atomic E-state index is 9.63. The van der Waals surface area contributed by atoms with Gasteiger partial charge in [0.25, 0.3) is 0 Å². The molecule has 6 aromatic carbocycles. The molecule has 0 aliphatic rings. The van der Waals surface area contributed by atoms with Crippen molar-refractivity contribution < 1.29 is 22.2 Å². The van der Waals surface area contributed by atoms with Gasteiger partial charge in [-0.05, 0) is 179 Å². The number of methoxy groups -OCH3 is 1. The van der Waals surface area contributed by atoms with E-state index in [2.05, 4.69) is 177 Å². The Bertz CT molecular complexity index is 2370. The van der Waals surface area contributed by atoms with Gasteiger partial charge in [-0.15, -0.1) is 18.4 Å². The molecule has 6 rings (SSSR count). The van der Waals surface area contributed by atoms with Gasteiger partial charge in [0, 0.05) is 57.1 Å². The normalized spacial score (nSPS) is 8.36. The monoisotopic (exact) mass is 1220 g/mol. The zero-order chi connectivity index (χ0) is 68.8. The van der Waals surface area contributed by atoms with E-state index in [-0.39, 0.29) is 5.78 Å². The quantitative estimate of drug-likeness (QED) is 0.0699. The number of nitrogens with zero attached hydrogens (tertiary/aromatic N) is 1. The van der Waals surface area contributed by atoms with Gasteiger partial charge >= 0.3 is 0 Å².